The van der Waals surface area contributed by atoms with Crippen molar-refractivity contribution in [3.63, 3.8) is 0 Å². The number of aliphatic hydroxyl groups is 1. The minimum atomic E-state index is -4.27. The second-order valence-corrected chi connectivity index (χ2v) is 9.17. The van der Waals surface area contributed by atoms with Crippen molar-refractivity contribution in [1.29, 1.82) is 0 Å². The van der Waals surface area contributed by atoms with Crippen LogP contribution in [0.25, 0.3) is 0 Å². The van der Waals surface area contributed by atoms with Gasteiger partial charge in [0.2, 0.25) is 0 Å². The molecule has 0 aliphatic carbocycles. The number of rotatable bonds is 6. The van der Waals surface area contributed by atoms with Crippen molar-refractivity contribution in [3.05, 3.63) is 57.8 Å². The van der Waals surface area contributed by atoms with E-state index in [9.17, 15) is 17.6 Å². The number of carbonyl (C=O) groups excluding carboxylic acids is 1. The lowest BCUT2D eigenvalue weighted by molar-refractivity contribution is 0.0615. The van der Waals surface area contributed by atoms with Crippen LogP contribution in [0.2, 0.25) is 10.0 Å². The fourth-order valence-electron chi connectivity index (χ4n) is 3.13. The lowest BCUT2D eigenvalue weighted by Crippen LogP contribution is -2.49. The van der Waals surface area contributed by atoms with Crippen molar-refractivity contribution in [2.45, 2.75) is 4.90 Å². The van der Waals surface area contributed by atoms with Gasteiger partial charge in [0.25, 0.3) is 15.9 Å². The largest absolute Gasteiger partial charge is 0.395 e. The standard InChI is InChI=1S/C19H20Cl2FN3O4S.ClH/c20-14-12-15(21)18(30(28,29)23-17-4-2-1-3-16(17)22)11-13(14)19(27)25-7-5-24(6-8-25)9-10-26;/h1-4,11-12,23,26H,5-10H2;1H. The zero-order chi connectivity index (χ0) is 21.9. The molecule has 2 N–H and O–H groups in total. The minimum Gasteiger partial charge on any atom is -0.395 e. The van der Waals surface area contributed by atoms with Gasteiger partial charge in [-0.05, 0) is 24.3 Å². The predicted octanol–water partition coefficient (Wildman–Crippen LogP) is 3.11. The van der Waals surface area contributed by atoms with Gasteiger partial charge in [0.15, 0.2) is 0 Å². The van der Waals surface area contributed by atoms with E-state index in [1.54, 1.807) is 4.90 Å². The zero-order valence-electron chi connectivity index (χ0n) is 16.2. The van der Waals surface area contributed by atoms with E-state index >= 15 is 0 Å². The zero-order valence-corrected chi connectivity index (χ0v) is 19.4. The Hall–Kier alpha value is -1.62. The van der Waals surface area contributed by atoms with E-state index in [4.69, 9.17) is 28.3 Å². The fourth-order valence-corrected chi connectivity index (χ4v) is 5.05. The third kappa shape index (κ3) is 6.00. The number of piperazine rings is 1. The van der Waals surface area contributed by atoms with E-state index in [1.807, 2.05) is 4.90 Å². The molecule has 1 aliphatic rings. The topological polar surface area (TPSA) is 90.0 Å². The van der Waals surface area contributed by atoms with E-state index in [0.717, 1.165) is 12.1 Å². The molecule has 0 spiro atoms. The number of carbonyl (C=O) groups is 1. The number of benzene rings is 2. The monoisotopic (exact) mass is 511 g/mol. The lowest BCUT2D eigenvalue weighted by Gasteiger charge is -2.34. The molecule has 1 heterocycles. The molecule has 0 radical (unpaired) electrons. The van der Waals surface area contributed by atoms with Gasteiger partial charge < -0.3 is 10.0 Å². The summed E-state index contributed by atoms with van der Waals surface area (Å²) in [5.74, 6) is -1.18. The molecular formula is C19H21Cl3FN3O4S. The third-order valence-electron chi connectivity index (χ3n) is 4.74. The minimum absolute atomic E-state index is 0. The van der Waals surface area contributed by atoms with Crippen LogP contribution in [-0.2, 0) is 10.0 Å². The van der Waals surface area contributed by atoms with Crippen molar-refractivity contribution in [3.8, 4) is 0 Å². The smallest absolute Gasteiger partial charge is 0.263 e. The lowest BCUT2D eigenvalue weighted by atomic mass is 10.1. The Bertz CT molecular complexity index is 1050. The fraction of sp³-hybridized carbons (Fsp3) is 0.316. The van der Waals surface area contributed by atoms with Gasteiger partial charge in [0.05, 0.1) is 27.9 Å². The van der Waals surface area contributed by atoms with Crippen LogP contribution >= 0.6 is 35.6 Å². The Balaban J connectivity index is 0.00000341. The van der Waals surface area contributed by atoms with E-state index in [-0.39, 0.29) is 45.2 Å². The summed E-state index contributed by atoms with van der Waals surface area (Å²) in [5.41, 5.74) is -0.248. The molecule has 12 heteroatoms. The molecule has 7 nitrogen and oxygen atoms in total. The van der Waals surface area contributed by atoms with Gasteiger partial charge in [0.1, 0.15) is 10.7 Å². The average molecular weight is 513 g/mol. The van der Waals surface area contributed by atoms with E-state index in [0.29, 0.717) is 32.7 Å². The summed E-state index contributed by atoms with van der Waals surface area (Å²) in [6.45, 7) is 2.54. The second-order valence-electron chi connectivity index (χ2n) is 6.71. The molecule has 170 valence electrons. The number of sulfonamides is 1. The van der Waals surface area contributed by atoms with Gasteiger partial charge in [-0.15, -0.1) is 12.4 Å². The second kappa shape index (κ2) is 10.8. The Kier molecular flexibility index (Phi) is 8.93. The Morgan fingerprint density at radius 1 is 1.10 bits per heavy atom. The molecule has 0 saturated carbocycles. The van der Waals surface area contributed by atoms with E-state index in [1.165, 1.54) is 24.3 Å². The maximum absolute atomic E-state index is 13.9. The summed E-state index contributed by atoms with van der Waals surface area (Å²) >= 11 is 12.3. The SMILES string of the molecule is Cl.O=C(c1cc(S(=O)(=O)Nc2ccccc2F)c(Cl)cc1Cl)N1CCN(CCO)CC1. The third-order valence-corrected chi connectivity index (χ3v) is 6.88. The molecule has 1 amide bonds. The molecule has 0 aromatic heterocycles. The van der Waals surface area contributed by atoms with Crippen LogP contribution in [0.4, 0.5) is 10.1 Å². The van der Waals surface area contributed by atoms with Crippen molar-refractivity contribution in [2.75, 3.05) is 44.1 Å². The summed E-state index contributed by atoms with van der Waals surface area (Å²) in [6.07, 6.45) is 0. The van der Waals surface area contributed by atoms with Crippen LogP contribution in [-0.4, -0.2) is 68.6 Å². The molecule has 2 aromatic carbocycles. The van der Waals surface area contributed by atoms with Crippen molar-refractivity contribution in [1.82, 2.24) is 9.80 Å². The van der Waals surface area contributed by atoms with Crippen LogP contribution in [0.1, 0.15) is 10.4 Å². The number of hydrogen-bond donors (Lipinski definition) is 2. The summed E-state index contributed by atoms with van der Waals surface area (Å²) in [4.78, 5) is 16.1. The molecule has 0 unspecified atom stereocenters. The van der Waals surface area contributed by atoms with Crippen LogP contribution in [0.3, 0.4) is 0 Å². The Morgan fingerprint density at radius 3 is 2.35 bits per heavy atom. The van der Waals surface area contributed by atoms with Crippen LogP contribution < -0.4 is 4.72 Å². The number of β-amino-alcohol motifs (C(OH)–C–C–N with tert-alkyl or cyclic N) is 1. The summed E-state index contributed by atoms with van der Waals surface area (Å²) < 4.78 is 41.6. The predicted molar refractivity (Wildman–Crippen MR) is 120 cm³/mol. The first kappa shape index (κ1) is 25.6. The van der Waals surface area contributed by atoms with Gasteiger partial charge in [-0.3, -0.25) is 14.4 Å². The number of hydrogen-bond acceptors (Lipinski definition) is 5. The first-order valence-electron chi connectivity index (χ1n) is 9.12. The summed E-state index contributed by atoms with van der Waals surface area (Å²) in [7, 11) is -4.27. The molecule has 0 atom stereocenters. The number of aliphatic hydroxyl groups excluding tert-OH is 1. The molecule has 1 aliphatic heterocycles. The molecule has 2 aromatic rings. The number of para-hydroxylation sites is 1. The van der Waals surface area contributed by atoms with Gasteiger partial charge in [-0.1, -0.05) is 35.3 Å². The molecule has 0 bridgehead atoms. The highest BCUT2D eigenvalue weighted by Gasteiger charge is 2.27. The van der Waals surface area contributed by atoms with Gasteiger partial charge in [0, 0.05) is 32.7 Å². The van der Waals surface area contributed by atoms with Gasteiger partial charge in [-0.25, -0.2) is 12.8 Å². The van der Waals surface area contributed by atoms with Crippen LogP contribution in [0, 0.1) is 5.82 Å². The number of halogens is 4. The first-order chi connectivity index (χ1) is 14.2. The normalized spacial score (nSPS) is 14.8. The Morgan fingerprint density at radius 2 is 1.74 bits per heavy atom. The molecular weight excluding hydrogens is 492 g/mol. The van der Waals surface area contributed by atoms with Crippen LogP contribution in [0.5, 0.6) is 0 Å². The number of anilines is 1. The number of amides is 1. The van der Waals surface area contributed by atoms with Crippen molar-refractivity contribution in [2.24, 2.45) is 0 Å². The molecule has 1 saturated heterocycles. The highest BCUT2D eigenvalue weighted by molar-refractivity contribution is 7.92. The summed E-state index contributed by atoms with van der Waals surface area (Å²) in [6, 6.07) is 7.60. The van der Waals surface area contributed by atoms with Crippen molar-refractivity contribution >= 4 is 57.2 Å². The molecule has 1 fully saturated rings. The highest BCUT2D eigenvalue weighted by atomic mass is 35.5. The summed E-state index contributed by atoms with van der Waals surface area (Å²) in [5, 5.41) is 8.86. The van der Waals surface area contributed by atoms with E-state index < -0.39 is 21.7 Å². The molecule has 3 rings (SSSR count). The Labute approximate surface area is 196 Å². The van der Waals surface area contributed by atoms with E-state index in [2.05, 4.69) is 4.72 Å². The quantitative estimate of drug-likeness (QED) is 0.621. The number of nitrogens with one attached hydrogen (secondary N) is 1. The number of nitrogens with zero attached hydrogens (tertiary/aromatic N) is 2. The average Bonchev–Trinajstić information content (AvgIpc) is 2.70. The van der Waals surface area contributed by atoms with Gasteiger partial charge in [-0.2, -0.15) is 0 Å². The highest BCUT2D eigenvalue weighted by Crippen LogP contribution is 2.31. The maximum Gasteiger partial charge on any atom is 0.263 e. The van der Waals surface area contributed by atoms with Crippen LogP contribution in [0.15, 0.2) is 41.3 Å². The van der Waals surface area contributed by atoms with Crippen molar-refractivity contribution < 1.29 is 22.7 Å². The van der Waals surface area contributed by atoms with Gasteiger partial charge >= 0.3 is 0 Å². The molecule has 31 heavy (non-hydrogen) atoms. The maximum atomic E-state index is 13.9. The first-order valence-corrected chi connectivity index (χ1v) is 11.4.